The van der Waals surface area contributed by atoms with Crippen molar-refractivity contribution in [3.05, 3.63) is 62.0 Å². The Bertz CT molecular complexity index is 946. The average molecular weight is 359 g/mol. The van der Waals surface area contributed by atoms with E-state index in [1.165, 1.54) is 16.7 Å². The molecule has 1 atom stereocenters. The normalized spacial score (nSPS) is 23.3. The van der Waals surface area contributed by atoms with Gasteiger partial charge in [-0.1, -0.05) is 12.1 Å². The highest BCUT2D eigenvalue weighted by Crippen LogP contribution is 2.35. The highest BCUT2D eigenvalue weighted by Gasteiger charge is 2.34. The van der Waals surface area contributed by atoms with E-state index in [1.807, 2.05) is 13.0 Å². The van der Waals surface area contributed by atoms with Crippen LogP contribution in [0.1, 0.15) is 43.4 Å². The number of H-pyrrole nitrogens is 1. The van der Waals surface area contributed by atoms with Crippen LogP contribution in [0.25, 0.3) is 0 Å². The van der Waals surface area contributed by atoms with Crippen molar-refractivity contribution in [1.29, 1.82) is 0 Å². The fourth-order valence-electron chi connectivity index (χ4n) is 3.96. The summed E-state index contributed by atoms with van der Waals surface area (Å²) >= 11 is 0. The number of nitrogens with one attached hydrogen (secondary N) is 2. The molecule has 4 rings (SSSR count). The molecule has 2 aromatic rings. The number of hydrogen-bond acceptors (Lipinski definition) is 4. The first-order chi connectivity index (χ1) is 12.5. The summed E-state index contributed by atoms with van der Waals surface area (Å²) in [5.41, 5.74) is 0.193. The Morgan fingerprint density at radius 2 is 2.04 bits per heavy atom. The Morgan fingerprint density at radius 3 is 2.77 bits per heavy atom. The largest absolute Gasteiger partial charge is 0.381 e. The lowest BCUT2D eigenvalue weighted by molar-refractivity contribution is 0.0673. The molecule has 0 amide bonds. The van der Waals surface area contributed by atoms with Gasteiger partial charge >= 0.3 is 5.69 Å². The number of rotatable bonds is 2. The fourth-order valence-corrected chi connectivity index (χ4v) is 3.96. The van der Waals surface area contributed by atoms with Crippen LogP contribution in [0.3, 0.4) is 0 Å². The van der Waals surface area contributed by atoms with Gasteiger partial charge in [-0.25, -0.2) is 9.18 Å². The van der Waals surface area contributed by atoms with Crippen molar-refractivity contribution in [3.63, 3.8) is 0 Å². The number of halogens is 1. The zero-order chi connectivity index (χ0) is 18.3. The second kappa shape index (κ2) is 6.39. The minimum Gasteiger partial charge on any atom is -0.381 e. The molecule has 1 saturated heterocycles. The topological polar surface area (TPSA) is 76.1 Å². The maximum atomic E-state index is 13.6. The summed E-state index contributed by atoms with van der Waals surface area (Å²) in [6, 6.07) is 6.28. The maximum absolute atomic E-state index is 13.6. The molecule has 1 fully saturated rings. The Balaban J connectivity index is 1.73. The summed E-state index contributed by atoms with van der Waals surface area (Å²) in [5.74, 6) is 0.140. The molecule has 0 spiro atoms. The molecule has 138 valence electrons. The van der Waals surface area contributed by atoms with Gasteiger partial charge in [-0.15, -0.1) is 0 Å². The summed E-state index contributed by atoms with van der Waals surface area (Å²) in [6.07, 6.45) is 2.49. The summed E-state index contributed by atoms with van der Waals surface area (Å²) in [7, 11) is 0. The number of ether oxygens (including phenoxy) is 1. The SMILES string of the molecule is C[C@]1(c2cccc(F)c2)CCc2c([nH]c(=O)n(C3CCOCC3)c2=O)N1. The van der Waals surface area contributed by atoms with Gasteiger partial charge in [0.15, 0.2) is 0 Å². The lowest BCUT2D eigenvalue weighted by Crippen LogP contribution is -2.46. The first-order valence-electron chi connectivity index (χ1n) is 8.97. The molecule has 0 unspecified atom stereocenters. The van der Waals surface area contributed by atoms with Gasteiger partial charge in [0, 0.05) is 19.3 Å². The van der Waals surface area contributed by atoms with Crippen LogP contribution >= 0.6 is 0 Å². The summed E-state index contributed by atoms with van der Waals surface area (Å²) in [4.78, 5) is 28.4. The quantitative estimate of drug-likeness (QED) is 0.863. The number of benzene rings is 1. The first kappa shape index (κ1) is 17.0. The van der Waals surface area contributed by atoms with E-state index in [-0.39, 0.29) is 17.4 Å². The predicted molar refractivity (Wildman–Crippen MR) is 96.1 cm³/mol. The molecule has 2 aliphatic heterocycles. The Labute approximate surface area is 150 Å². The van der Waals surface area contributed by atoms with Gasteiger partial charge in [-0.05, 0) is 50.3 Å². The number of hydrogen-bond donors (Lipinski definition) is 2. The zero-order valence-electron chi connectivity index (χ0n) is 14.7. The van der Waals surface area contributed by atoms with Gasteiger partial charge in [0.2, 0.25) is 0 Å². The van der Waals surface area contributed by atoms with E-state index < -0.39 is 11.2 Å². The van der Waals surface area contributed by atoms with Crippen LogP contribution in [-0.2, 0) is 16.7 Å². The predicted octanol–water partition coefficient (Wildman–Crippen LogP) is 2.30. The number of anilines is 1. The van der Waals surface area contributed by atoms with E-state index in [9.17, 15) is 14.0 Å². The number of aromatic amines is 1. The zero-order valence-corrected chi connectivity index (χ0v) is 14.7. The third kappa shape index (κ3) is 2.86. The van der Waals surface area contributed by atoms with Gasteiger partial charge < -0.3 is 10.1 Å². The number of fused-ring (bicyclic) bond motifs is 1. The number of aromatic nitrogens is 2. The van der Waals surface area contributed by atoms with Crippen molar-refractivity contribution >= 4 is 5.82 Å². The molecule has 7 heteroatoms. The molecule has 0 saturated carbocycles. The molecule has 2 N–H and O–H groups in total. The lowest BCUT2D eigenvalue weighted by Gasteiger charge is -2.37. The van der Waals surface area contributed by atoms with Gasteiger partial charge in [-0.2, -0.15) is 0 Å². The molecular formula is C19H22FN3O3. The molecule has 0 bridgehead atoms. The van der Waals surface area contributed by atoms with Crippen LogP contribution in [0.2, 0.25) is 0 Å². The second-order valence-corrected chi connectivity index (χ2v) is 7.27. The van der Waals surface area contributed by atoms with Crippen molar-refractivity contribution in [2.24, 2.45) is 0 Å². The van der Waals surface area contributed by atoms with Crippen molar-refractivity contribution in [3.8, 4) is 0 Å². The molecule has 26 heavy (non-hydrogen) atoms. The molecule has 1 aromatic carbocycles. The highest BCUT2D eigenvalue weighted by molar-refractivity contribution is 5.50. The Hall–Kier alpha value is -2.41. The minimum atomic E-state index is -0.546. The summed E-state index contributed by atoms with van der Waals surface area (Å²) in [5, 5.41) is 3.27. The van der Waals surface area contributed by atoms with Crippen molar-refractivity contribution in [2.75, 3.05) is 18.5 Å². The molecule has 1 aromatic heterocycles. The van der Waals surface area contributed by atoms with E-state index in [0.29, 0.717) is 50.3 Å². The number of nitrogens with zero attached hydrogens (tertiary/aromatic N) is 1. The highest BCUT2D eigenvalue weighted by atomic mass is 19.1. The van der Waals surface area contributed by atoms with E-state index >= 15 is 0 Å². The first-order valence-corrected chi connectivity index (χ1v) is 8.97. The maximum Gasteiger partial charge on any atom is 0.330 e. The molecule has 6 nitrogen and oxygen atoms in total. The van der Waals surface area contributed by atoms with Gasteiger partial charge in [0.25, 0.3) is 5.56 Å². The van der Waals surface area contributed by atoms with Crippen molar-refractivity contribution < 1.29 is 9.13 Å². The van der Waals surface area contributed by atoms with Crippen LogP contribution in [0.5, 0.6) is 0 Å². The van der Waals surface area contributed by atoms with Gasteiger partial charge in [-0.3, -0.25) is 14.3 Å². The third-order valence-corrected chi connectivity index (χ3v) is 5.52. The monoisotopic (exact) mass is 359 g/mol. The average Bonchev–Trinajstić information content (AvgIpc) is 2.62. The molecule has 3 heterocycles. The van der Waals surface area contributed by atoms with Crippen molar-refractivity contribution in [1.82, 2.24) is 9.55 Å². The van der Waals surface area contributed by atoms with E-state index in [4.69, 9.17) is 4.74 Å². The van der Waals surface area contributed by atoms with Gasteiger partial charge in [0.05, 0.1) is 11.1 Å². The van der Waals surface area contributed by atoms with E-state index in [0.717, 1.165) is 5.56 Å². The Kier molecular flexibility index (Phi) is 4.19. The molecule has 2 aliphatic rings. The smallest absolute Gasteiger partial charge is 0.330 e. The fraction of sp³-hybridized carbons (Fsp3) is 0.474. The second-order valence-electron chi connectivity index (χ2n) is 7.27. The van der Waals surface area contributed by atoms with Crippen LogP contribution in [0.4, 0.5) is 10.2 Å². The summed E-state index contributed by atoms with van der Waals surface area (Å²) < 4.78 is 20.3. The van der Waals surface area contributed by atoms with E-state index in [1.54, 1.807) is 6.07 Å². The third-order valence-electron chi connectivity index (χ3n) is 5.52. The van der Waals surface area contributed by atoms with Crippen LogP contribution in [0, 0.1) is 5.82 Å². The van der Waals surface area contributed by atoms with Crippen LogP contribution in [0.15, 0.2) is 33.9 Å². The van der Waals surface area contributed by atoms with Crippen LogP contribution in [-0.4, -0.2) is 22.8 Å². The molecule has 0 aliphatic carbocycles. The van der Waals surface area contributed by atoms with Gasteiger partial charge in [0.1, 0.15) is 11.6 Å². The standard InChI is InChI=1S/C19H22FN3O3/c1-19(12-3-2-4-13(20)11-12)8-5-15-16(22-19)21-18(25)23(17(15)24)14-6-9-26-10-7-14/h2-4,11,14,22H,5-10H2,1H3,(H,21,25)/t19-/m1/s1. The van der Waals surface area contributed by atoms with E-state index in [2.05, 4.69) is 10.3 Å². The van der Waals surface area contributed by atoms with Crippen LogP contribution < -0.4 is 16.6 Å². The van der Waals surface area contributed by atoms with Crippen molar-refractivity contribution in [2.45, 2.75) is 44.2 Å². The Morgan fingerprint density at radius 1 is 1.27 bits per heavy atom. The summed E-state index contributed by atoms with van der Waals surface area (Å²) in [6.45, 7) is 3.07. The molecular weight excluding hydrogens is 337 g/mol. The minimum absolute atomic E-state index is 0.123. The lowest BCUT2D eigenvalue weighted by atomic mass is 9.83. The molecule has 0 radical (unpaired) electrons.